The molecule has 0 spiro atoms. The van der Waals surface area contributed by atoms with Crippen LogP contribution >= 0.6 is 11.3 Å². The molecule has 2 rings (SSSR count). The molecule has 0 bridgehead atoms. The molecule has 1 aromatic heterocycles. The molecular weight excluding hydrogens is 238 g/mol. The first-order valence-electron chi connectivity index (χ1n) is 5.72. The van der Waals surface area contributed by atoms with Gasteiger partial charge in [-0.05, 0) is 7.05 Å². The highest BCUT2D eigenvalue weighted by Gasteiger charge is 2.24. The smallest absolute Gasteiger partial charge is 0.124 e. The number of thiazole rings is 1. The van der Waals surface area contributed by atoms with Crippen LogP contribution in [0.4, 0.5) is 0 Å². The fraction of sp³-hybridized carbons (Fsp3) is 0.727. The maximum Gasteiger partial charge on any atom is 0.124 e. The summed E-state index contributed by atoms with van der Waals surface area (Å²) in [5.41, 5.74) is 6.67. The van der Waals surface area contributed by atoms with Crippen molar-refractivity contribution < 1.29 is 9.47 Å². The summed E-state index contributed by atoms with van der Waals surface area (Å²) in [6.07, 6.45) is 0.0784. The van der Waals surface area contributed by atoms with Crippen molar-refractivity contribution in [2.45, 2.75) is 19.3 Å². The summed E-state index contributed by atoms with van der Waals surface area (Å²) in [5.74, 6) is 0. The third kappa shape index (κ3) is 3.02. The molecule has 1 aromatic rings. The average Bonchev–Trinajstić information content (AvgIpc) is 2.73. The Balaban J connectivity index is 2.14. The molecule has 17 heavy (non-hydrogen) atoms. The van der Waals surface area contributed by atoms with Crippen LogP contribution in [-0.4, -0.2) is 43.7 Å². The predicted octanol–water partition coefficient (Wildman–Crippen LogP) is 0.751. The maximum absolute atomic E-state index is 5.75. The molecule has 0 saturated carbocycles. The number of hydrogen-bond acceptors (Lipinski definition) is 6. The minimum Gasteiger partial charge on any atom is -0.378 e. The van der Waals surface area contributed by atoms with Gasteiger partial charge in [-0.3, -0.25) is 0 Å². The van der Waals surface area contributed by atoms with E-state index in [0.29, 0.717) is 13.2 Å². The van der Waals surface area contributed by atoms with E-state index in [-0.39, 0.29) is 6.10 Å². The van der Waals surface area contributed by atoms with Gasteiger partial charge in [0.25, 0.3) is 0 Å². The minimum absolute atomic E-state index is 0.0784. The molecular formula is C11H19N3O2S. The van der Waals surface area contributed by atoms with E-state index in [1.54, 1.807) is 18.4 Å². The lowest BCUT2D eigenvalue weighted by molar-refractivity contribution is -0.0211. The molecule has 5 nitrogen and oxygen atoms in total. The zero-order chi connectivity index (χ0) is 12.3. The molecule has 0 amide bonds. The number of nitrogens with two attached hydrogens (primary N) is 1. The van der Waals surface area contributed by atoms with Gasteiger partial charge in [0.05, 0.1) is 18.9 Å². The van der Waals surface area contributed by atoms with Gasteiger partial charge in [0.2, 0.25) is 0 Å². The van der Waals surface area contributed by atoms with Gasteiger partial charge in [0.1, 0.15) is 11.1 Å². The van der Waals surface area contributed by atoms with Gasteiger partial charge in [-0.15, -0.1) is 11.3 Å². The highest BCUT2D eigenvalue weighted by Crippen LogP contribution is 2.28. The van der Waals surface area contributed by atoms with Gasteiger partial charge in [-0.1, -0.05) is 0 Å². The SMILES string of the molecule is COCc1nc(C2CN(C)CCO2)sc1CN. The van der Waals surface area contributed by atoms with Crippen molar-refractivity contribution in [1.29, 1.82) is 0 Å². The molecule has 1 atom stereocenters. The first kappa shape index (κ1) is 12.9. The number of ether oxygens (including phenoxy) is 2. The van der Waals surface area contributed by atoms with E-state index in [9.17, 15) is 0 Å². The molecule has 1 aliphatic rings. The Hall–Kier alpha value is -0.530. The van der Waals surface area contributed by atoms with Crippen molar-refractivity contribution in [2.24, 2.45) is 5.73 Å². The van der Waals surface area contributed by atoms with Gasteiger partial charge >= 0.3 is 0 Å². The van der Waals surface area contributed by atoms with Crippen molar-refractivity contribution >= 4 is 11.3 Å². The first-order chi connectivity index (χ1) is 8.24. The lowest BCUT2D eigenvalue weighted by Crippen LogP contribution is -2.35. The zero-order valence-electron chi connectivity index (χ0n) is 10.3. The van der Waals surface area contributed by atoms with Crippen molar-refractivity contribution in [2.75, 3.05) is 33.9 Å². The third-order valence-electron chi connectivity index (χ3n) is 2.81. The molecule has 96 valence electrons. The largest absolute Gasteiger partial charge is 0.378 e. The van der Waals surface area contributed by atoms with Gasteiger partial charge in [0, 0.05) is 31.6 Å². The predicted molar refractivity (Wildman–Crippen MR) is 66.9 cm³/mol. The maximum atomic E-state index is 5.75. The Morgan fingerprint density at radius 2 is 2.47 bits per heavy atom. The van der Waals surface area contributed by atoms with Crippen LogP contribution in [0.1, 0.15) is 21.7 Å². The fourth-order valence-electron chi connectivity index (χ4n) is 1.88. The van der Waals surface area contributed by atoms with Crippen molar-refractivity contribution in [3.05, 3.63) is 15.6 Å². The van der Waals surface area contributed by atoms with Crippen LogP contribution in [0.15, 0.2) is 0 Å². The standard InChI is InChI=1S/C11H19N3O2S/c1-14-3-4-16-9(6-14)11-13-8(7-15-2)10(5-12)17-11/h9H,3-7,12H2,1-2H3. The molecule has 2 heterocycles. The number of rotatable bonds is 4. The Kier molecular flexibility index (Phi) is 4.47. The average molecular weight is 257 g/mol. The van der Waals surface area contributed by atoms with Gasteiger partial charge in [-0.25, -0.2) is 4.98 Å². The van der Waals surface area contributed by atoms with E-state index < -0.39 is 0 Å². The Bertz CT molecular complexity index is 370. The molecule has 0 radical (unpaired) electrons. The summed E-state index contributed by atoms with van der Waals surface area (Å²) >= 11 is 1.64. The van der Waals surface area contributed by atoms with Crippen LogP contribution in [0.25, 0.3) is 0 Å². The second kappa shape index (κ2) is 5.88. The molecule has 2 N–H and O–H groups in total. The van der Waals surface area contributed by atoms with Crippen LogP contribution in [0.5, 0.6) is 0 Å². The zero-order valence-corrected chi connectivity index (χ0v) is 11.1. The topological polar surface area (TPSA) is 60.6 Å². The van der Waals surface area contributed by atoms with Crippen molar-refractivity contribution in [3.8, 4) is 0 Å². The van der Waals surface area contributed by atoms with Crippen LogP contribution in [0, 0.1) is 0 Å². The highest BCUT2D eigenvalue weighted by atomic mass is 32.1. The number of aromatic nitrogens is 1. The van der Waals surface area contributed by atoms with Gasteiger partial charge < -0.3 is 20.1 Å². The van der Waals surface area contributed by atoms with E-state index >= 15 is 0 Å². The molecule has 1 saturated heterocycles. The number of nitrogens with zero attached hydrogens (tertiary/aromatic N) is 2. The molecule has 1 aliphatic heterocycles. The van der Waals surface area contributed by atoms with Gasteiger partial charge in [0.15, 0.2) is 0 Å². The summed E-state index contributed by atoms with van der Waals surface area (Å²) in [6, 6.07) is 0. The summed E-state index contributed by atoms with van der Waals surface area (Å²) in [7, 11) is 3.77. The van der Waals surface area contributed by atoms with Crippen LogP contribution < -0.4 is 5.73 Å². The van der Waals surface area contributed by atoms with Crippen molar-refractivity contribution in [1.82, 2.24) is 9.88 Å². The van der Waals surface area contributed by atoms with Crippen LogP contribution in [0.3, 0.4) is 0 Å². The van der Waals surface area contributed by atoms with Gasteiger partial charge in [-0.2, -0.15) is 0 Å². The van der Waals surface area contributed by atoms with E-state index in [0.717, 1.165) is 35.3 Å². The Labute approximate surface area is 106 Å². The number of hydrogen-bond donors (Lipinski definition) is 1. The molecule has 0 aromatic carbocycles. The molecule has 1 fully saturated rings. The van der Waals surface area contributed by atoms with Crippen LogP contribution in [0.2, 0.25) is 0 Å². The van der Waals surface area contributed by atoms with E-state index in [2.05, 4.69) is 16.9 Å². The summed E-state index contributed by atoms with van der Waals surface area (Å²) < 4.78 is 10.9. The second-order valence-electron chi connectivity index (χ2n) is 4.18. The lowest BCUT2D eigenvalue weighted by atomic mass is 10.3. The second-order valence-corrected chi connectivity index (χ2v) is 5.30. The van der Waals surface area contributed by atoms with Crippen LogP contribution in [-0.2, 0) is 22.6 Å². The van der Waals surface area contributed by atoms with Crippen molar-refractivity contribution in [3.63, 3.8) is 0 Å². The number of likely N-dealkylation sites (N-methyl/N-ethyl adjacent to an activating group) is 1. The molecule has 6 heteroatoms. The Morgan fingerprint density at radius 3 is 3.12 bits per heavy atom. The Morgan fingerprint density at radius 1 is 1.65 bits per heavy atom. The fourth-order valence-corrected chi connectivity index (χ4v) is 2.87. The van der Waals surface area contributed by atoms with E-state index in [4.69, 9.17) is 15.2 Å². The summed E-state index contributed by atoms with van der Waals surface area (Å²) in [6.45, 7) is 3.67. The summed E-state index contributed by atoms with van der Waals surface area (Å²) in [5, 5.41) is 1.02. The molecule has 1 unspecified atom stereocenters. The monoisotopic (exact) mass is 257 g/mol. The van der Waals surface area contributed by atoms with E-state index in [1.807, 2.05) is 0 Å². The normalized spacial score (nSPS) is 21.9. The minimum atomic E-state index is 0.0784. The lowest BCUT2D eigenvalue weighted by Gasteiger charge is -2.28. The number of methoxy groups -OCH3 is 1. The number of morpholine rings is 1. The third-order valence-corrected chi connectivity index (χ3v) is 4.02. The summed E-state index contributed by atoms with van der Waals surface area (Å²) in [4.78, 5) is 7.94. The first-order valence-corrected chi connectivity index (χ1v) is 6.54. The van der Waals surface area contributed by atoms with E-state index in [1.165, 1.54) is 0 Å². The molecule has 0 aliphatic carbocycles. The quantitative estimate of drug-likeness (QED) is 0.862. The highest BCUT2D eigenvalue weighted by molar-refractivity contribution is 7.11.